The van der Waals surface area contributed by atoms with Gasteiger partial charge in [0.2, 0.25) is 0 Å². The van der Waals surface area contributed by atoms with Crippen molar-refractivity contribution in [3.05, 3.63) is 59.2 Å². The molecule has 0 aromatic heterocycles. The molecule has 4 rings (SSSR count). The molecule has 5 nitrogen and oxygen atoms in total. The third-order valence-electron chi connectivity index (χ3n) is 9.79. The Morgan fingerprint density at radius 3 is 2.09 bits per heavy atom. The average Bonchev–Trinajstić information content (AvgIpc) is 3.24. The van der Waals surface area contributed by atoms with Gasteiger partial charge >= 0.3 is 131 Å². The number of anilines is 1. The molecule has 2 atom stereocenters. The monoisotopic (exact) mass is 761 g/mol. The molecule has 0 N–H and O–H groups in total. The van der Waals surface area contributed by atoms with Crippen LogP contribution in [0, 0.1) is 11.3 Å². The van der Waals surface area contributed by atoms with E-state index in [1.165, 1.54) is 67.5 Å². The summed E-state index contributed by atoms with van der Waals surface area (Å²) in [5.41, 5.74) is 5.96. The normalized spacial score (nSPS) is 19.7. The average molecular weight is 762 g/mol. The Kier molecular flexibility index (Phi) is 14.6. The molecule has 1 spiro atoms. The van der Waals surface area contributed by atoms with Crippen LogP contribution in [0.25, 0.3) is 0 Å². The molecule has 1 amide bonds. The van der Waals surface area contributed by atoms with Crippen molar-refractivity contribution in [2.24, 2.45) is 11.3 Å². The fourth-order valence-electron chi connectivity index (χ4n) is 7.60. The molecule has 2 fully saturated rings. The number of nitrogens with zero attached hydrogens (tertiary/aromatic N) is 2. The molecule has 46 heavy (non-hydrogen) atoms. The Morgan fingerprint density at radius 2 is 1.59 bits per heavy atom. The minimum absolute atomic E-state index is 0.0251. The minimum atomic E-state index is -0.597. The van der Waals surface area contributed by atoms with Crippen LogP contribution >= 0.6 is 21.3 Å². The van der Waals surface area contributed by atoms with Crippen molar-refractivity contribution in [2.75, 3.05) is 24.9 Å². The van der Waals surface area contributed by atoms with Crippen molar-refractivity contribution in [3.8, 4) is 5.75 Å². The molecular formula is C38H57Cl2N2O3Ru. The number of amides is 1. The topological polar surface area (TPSA) is 42.0 Å². The fourth-order valence-corrected chi connectivity index (χ4v) is 9.17. The summed E-state index contributed by atoms with van der Waals surface area (Å²) in [7, 11) is 8.85. The van der Waals surface area contributed by atoms with Gasteiger partial charge in [-0.05, 0) is 61.5 Å². The number of benzene rings is 2. The number of hydroxylamine groups is 2. The van der Waals surface area contributed by atoms with Crippen molar-refractivity contribution in [1.29, 1.82) is 0 Å². The van der Waals surface area contributed by atoms with Gasteiger partial charge in [-0.1, -0.05) is 65.2 Å². The predicted molar refractivity (Wildman–Crippen MR) is 192 cm³/mol. The van der Waals surface area contributed by atoms with Crippen LogP contribution in [0.2, 0.25) is 0 Å². The number of carbonyl (C=O) groups is 1. The van der Waals surface area contributed by atoms with Gasteiger partial charge in [0.1, 0.15) is 0 Å². The molecule has 1 saturated carbocycles. The fraction of sp³-hybridized carbons (Fsp3) is 0.632. The summed E-state index contributed by atoms with van der Waals surface area (Å²) in [6, 6.07) is 15.0. The Labute approximate surface area is 295 Å². The van der Waals surface area contributed by atoms with E-state index in [1.807, 2.05) is 42.7 Å². The summed E-state index contributed by atoms with van der Waals surface area (Å²) in [6.45, 7) is 18.1. The first-order valence-corrected chi connectivity index (χ1v) is 20.6. The molecule has 2 aliphatic rings. The number of halogens is 2. The molecule has 0 radical (unpaired) electrons. The number of rotatable bonds is 10. The van der Waals surface area contributed by atoms with Crippen LogP contribution in [0.15, 0.2) is 42.5 Å². The first-order valence-electron chi connectivity index (χ1n) is 16.9. The Bertz CT molecular complexity index is 1280. The number of hydrogen-bond donors (Lipinski definition) is 0. The van der Waals surface area contributed by atoms with Gasteiger partial charge in [-0.2, -0.15) is 0 Å². The second kappa shape index (κ2) is 17.3. The molecule has 0 bridgehead atoms. The number of alkyl halides is 1. The number of carbonyl (C=O) groups excluding carboxylic acids is 1. The SMILES string of the molecule is CC(C)c1cccc(C(C)C)c1N1C(CCl)C2(CCCCC2)CC1(C)C.CON(C)C(=O)C(Oc1ccccc1[CH]=[Ru][Cl])C(C)C. The van der Waals surface area contributed by atoms with E-state index in [9.17, 15) is 4.79 Å². The van der Waals surface area contributed by atoms with E-state index in [1.54, 1.807) is 7.05 Å². The first kappa shape index (κ1) is 39.0. The molecule has 1 saturated heterocycles. The number of hydrogen-bond acceptors (Lipinski definition) is 4. The zero-order chi connectivity index (χ0) is 34.2. The van der Waals surface area contributed by atoms with Crippen LogP contribution in [0.3, 0.4) is 0 Å². The molecular weight excluding hydrogens is 704 g/mol. The Hall–Kier alpha value is -1.46. The molecule has 2 aromatic carbocycles. The van der Waals surface area contributed by atoms with E-state index in [0.717, 1.165) is 11.4 Å². The number of likely N-dealkylation sites (N-methyl/N-ethyl adjacent to an activating group) is 1. The van der Waals surface area contributed by atoms with Gasteiger partial charge in [0, 0.05) is 23.1 Å². The molecule has 2 aromatic rings. The van der Waals surface area contributed by atoms with Crippen LogP contribution in [0.4, 0.5) is 5.69 Å². The van der Waals surface area contributed by atoms with Crippen molar-refractivity contribution < 1.29 is 30.1 Å². The van der Waals surface area contributed by atoms with E-state index in [0.29, 0.717) is 29.0 Å². The first-order chi connectivity index (χ1) is 21.7. The maximum atomic E-state index is 12.2. The molecule has 1 aliphatic carbocycles. The van der Waals surface area contributed by atoms with Crippen molar-refractivity contribution in [1.82, 2.24) is 5.06 Å². The van der Waals surface area contributed by atoms with E-state index in [2.05, 4.69) is 64.6 Å². The van der Waals surface area contributed by atoms with Crippen molar-refractivity contribution in [3.63, 3.8) is 0 Å². The molecule has 2 unspecified atom stereocenters. The summed E-state index contributed by atoms with van der Waals surface area (Å²) in [5, 5.41) is 1.18. The van der Waals surface area contributed by atoms with Crippen LogP contribution in [-0.4, -0.2) is 53.3 Å². The van der Waals surface area contributed by atoms with Crippen LogP contribution in [0.1, 0.15) is 122 Å². The summed E-state index contributed by atoms with van der Waals surface area (Å²) in [4.78, 5) is 19.9. The number of para-hydroxylation sites is 2. The van der Waals surface area contributed by atoms with Crippen LogP contribution in [0.5, 0.6) is 5.75 Å². The molecule has 1 aliphatic heterocycles. The molecule has 1 heterocycles. The number of ether oxygens (including phenoxy) is 1. The maximum absolute atomic E-state index is 12.2. The third kappa shape index (κ3) is 8.96. The summed E-state index contributed by atoms with van der Waals surface area (Å²) in [6.07, 6.45) is 7.54. The van der Waals surface area contributed by atoms with Gasteiger partial charge in [0.05, 0.1) is 0 Å². The predicted octanol–water partition coefficient (Wildman–Crippen LogP) is 9.98. The third-order valence-corrected chi connectivity index (χ3v) is 11.3. The van der Waals surface area contributed by atoms with Gasteiger partial charge < -0.3 is 4.90 Å². The van der Waals surface area contributed by atoms with Gasteiger partial charge in [0.15, 0.2) is 0 Å². The van der Waals surface area contributed by atoms with Crippen molar-refractivity contribution >= 4 is 37.5 Å². The quantitative estimate of drug-likeness (QED) is 0.137. The zero-order valence-electron chi connectivity index (χ0n) is 29.7. The Balaban J connectivity index is 0.000000260. The second-order valence-electron chi connectivity index (χ2n) is 14.6. The van der Waals surface area contributed by atoms with Gasteiger partial charge in [-0.3, -0.25) is 0 Å². The van der Waals surface area contributed by atoms with Gasteiger partial charge in [-0.25, -0.2) is 0 Å². The van der Waals surface area contributed by atoms with Crippen molar-refractivity contribution in [2.45, 2.75) is 123 Å². The summed E-state index contributed by atoms with van der Waals surface area (Å²) in [5.74, 6) is 2.27. The summed E-state index contributed by atoms with van der Waals surface area (Å²) >= 11 is 6.37. The van der Waals surface area contributed by atoms with E-state index >= 15 is 0 Å². The van der Waals surface area contributed by atoms with Crippen LogP contribution < -0.4 is 9.64 Å². The Morgan fingerprint density at radius 1 is 1.00 bits per heavy atom. The standard InChI is InChI=1S/C24H38ClN.C14H19NO3.ClH.Ru/c1-17(2)19-11-10-12-20(18(3)4)22(19)26-21(15-25)24(16-23(26,5)6)13-8-7-9-14-24;1-10(2)13(14(16)15(4)17-5)18-12-9-7-6-8-11(12)3;;/h10-12,17-18,21H,7-9,13-16H2,1-6H3;3,6-10,13H,1-2,4-5H3;1H;/q;;;+1/p-1. The van der Waals surface area contributed by atoms with E-state index in [-0.39, 0.29) is 33.0 Å². The van der Waals surface area contributed by atoms with E-state index < -0.39 is 6.10 Å². The second-order valence-corrected chi connectivity index (χ2v) is 16.7. The molecule has 8 heteroatoms. The van der Waals surface area contributed by atoms with Crippen LogP contribution in [-0.2, 0) is 25.3 Å². The van der Waals surface area contributed by atoms with E-state index in [4.69, 9.17) is 30.9 Å². The summed E-state index contributed by atoms with van der Waals surface area (Å²) < 4.78 is 7.83. The molecule has 259 valence electrons. The van der Waals surface area contributed by atoms with Gasteiger partial charge in [-0.15, -0.1) is 11.6 Å². The zero-order valence-corrected chi connectivity index (χ0v) is 32.9. The van der Waals surface area contributed by atoms with Gasteiger partial charge in [0.25, 0.3) is 0 Å².